The summed E-state index contributed by atoms with van der Waals surface area (Å²) in [6.45, 7) is 2.07. The van der Waals surface area contributed by atoms with Crippen molar-refractivity contribution in [3.05, 3.63) is 72.2 Å². The van der Waals surface area contributed by atoms with Gasteiger partial charge in [-0.25, -0.2) is 9.67 Å². The number of nitrogens with one attached hydrogen (secondary N) is 1. The SMILES string of the molecule is CCc1ccnc(NC(=O)Cc2ccn(-c3ccccc3)n2)c1. The number of hydrogen-bond donors (Lipinski definition) is 1. The highest BCUT2D eigenvalue weighted by Crippen LogP contribution is 2.10. The lowest BCUT2D eigenvalue weighted by molar-refractivity contribution is -0.115. The maximum atomic E-state index is 12.1. The van der Waals surface area contributed by atoms with Gasteiger partial charge in [-0.1, -0.05) is 25.1 Å². The molecule has 5 heteroatoms. The van der Waals surface area contributed by atoms with Gasteiger partial charge in [0.2, 0.25) is 5.91 Å². The highest BCUT2D eigenvalue weighted by atomic mass is 16.1. The van der Waals surface area contributed by atoms with Crippen LogP contribution in [0.25, 0.3) is 5.69 Å². The molecular formula is C18H18N4O. The van der Waals surface area contributed by atoms with E-state index in [4.69, 9.17) is 0 Å². The summed E-state index contributed by atoms with van der Waals surface area (Å²) in [6.07, 6.45) is 4.69. The van der Waals surface area contributed by atoms with Gasteiger partial charge in [0.05, 0.1) is 17.8 Å². The van der Waals surface area contributed by atoms with Gasteiger partial charge in [-0.05, 0) is 42.3 Å². The molecule has 116 valence electrons. The summed E-state index contributed by atoms with van der Waals surface area (Å²) in [5.74, 6) is 0.459. The highest BCUT2D eigenvalue weighted by Gasteiger charge is 2.08. The van der Waals surface area contributed by atoms with Crippen LogP contribution in [0.15, 0.2) is 60.9 Å². The molecule has 0 spiro atoms. The molecule has 2 aromatic heterocycles. The zero-order chi connectivity index (χ0) is 16.1. The van der Waals surface area contributed by atoms with E-state index in [1.807, 2.05) is 54.7 Å². The molecule has 3 aromatic rings. The van der Waals surface area contributed by atoms with Gasteiger partial charge >= 0.3 is 0 Å². The van der Waals surface area contributed by atoms with Gasteiger partial charge in [-0.15, -0.1) is 0 Å². The number of pyridine rings is 1. The second-order valence-corrected chi connectivity index (χ2v) is 5.22. The summed E-state index contributed by atoms with van der Waals surface area (Å²) >= 11 is 0. The molecule has 5 nitrogen and oxygen atoms in total. The van der Waals surface area contributed by atoms with Gasteiger partial charge in [-0.2, -0.15) is 5.10 Å². The van der Waals surface area contributed by atoms with Crippen LogP contribution in [-0.2, 0) is 17.6 Å². The van der Waals surface area contributed by atoms with E-state index in [0.29, 0.717) is 5.82 Å². The second kappa shape index (κ2) is 6.87. The van der Waals surface area contributed by atoms with Crippen LogP contribution in [0.5, 0.6) is 0 Å². The van der Waals surface area contributed by atoms with Gasteiger partial charge in [-0.3, -0.25) is 4.79 Å². The normalized spacial score (nSPS) is 10.5. The quantitative estimate of drug-likeness (QED) is 0.788. The summed E-state index contributed by atoms with van der Waals surface area (Å²) in [5.41, 5.74) is 2.83. The van der Waals surface area contributed by atoms with Crippen LogP contribution in [0.1, 0.15) is 18.2 Å². The Balaban J connectivity index is 1.65. The largest absolute Gasteiger partial charge is 0.310 e. The number of nitrogens with zero attached hydrogens (tertiary/aromatic N) is 3. The number of para-hydroxylation sites is 1. The van der Waals surface area contributed by atoms with Crippen molar-refractivity contribution in [3.63, 3.8) is 0 Å². The number of rotatable bonds is 5. The Kier molecular flexibility index (Phi) is 4.47. The zero-order valence-corrected chi connectivity index (χ0v) is 12.9. The van der Waals surface area contributed by atoms with E-state index in [9.17, 15) is 4.79 Å². The van der Waals surface area contributed by atoms with Gasteiger partial charge in [0.15, 0.2) is 0 Å². The van der Waals surface area contributed by atoms with Gasteiger partial charge in [0.1, 0.15) is 5.82 Å². The van der Waals surface area contributed by atoms with Crippen LogP contribution in [0, 0.1) is 0 Å². The predicted molar refractivity (Wildman–Crippen MR) is 89.5 cm³/mol. The van der Waals surface area contributed by atoms with E-state index in [1.165, 1.54) is 0 Å². The molecule has 0 saturated heterocycles. The van der Waals surface area contributed by atoms with E-state index in [-0.39, 0.29) is 12.3 Å². The number of anilines is 1. The first-order valence-electron chi connectivity index (χ1n) is 7.59. The summed E-state index contributed by atoms with van der Waals surface area (Å²) in [5, 5.41) is 7.25. The molecule has 23 heavy (non-hydrogen) atoms. The first-order chi connectivity index (χ1) is 11.2. The third-order valence-electron chi connectivity index (χ3n) is 3.51. The number of hydrogen-bond acceptors (Lipinski definition) is 3. The molecule has 3 rings (SSSR count). The fourth-order valence-corrected chi connectivity index (χ4v) is 2.29. The van der Waals surface area contributed by atoms with E-state index < -0.39 is 0 Å². The van der Waals surface area contributed by atoms with Crippen molar-refractivity contribution in [2.24, 2.45) is 0 Å². The molecule has 1 N–H and O–H groups in total. The minimum absolute atomic E-state index is 0.121. The van der Waals surface area contributed by atoms with Crippen molar-refractivity contribution in [2.45, 2.75) is 19.8 Å². The number of aryl methyl sites for hydroxylation is 1. The fourth-order valence-electron chi connectivity index (χ4n) is 2.29. The number of carbonyl (C=O) groups excluding carboxylic acids is 1. The first-order valence-corrected chi connectivity index (χ1v) is 7.59. The lowest BCUT2D eigenvalue weighted by atomic mass is 10.2. The Morgan fingerprint density at radius 2 is 2.00 bits per heavy atom. The van der Waals surface area contributed by atoms with Crippen LogP contribution in [0.3, 0.4) is 0 Å². The molecule has 2 heterocycles. The molecule has 0 aliphatic heterocycles. The summed E-state index contributed by atoms with van der Waals surface area (Å²) in [6, 6.07) is 15.5. The number of carbonyl (C=O) groups is 1. The predicted octanol–water partition coefficient (Wildman–Crippen LogP) is 3.01. The van der Waals surface area contributed by atoms with E-state index >= 15 is 0 Å². The smallest absolute Gasteiger partial charge is 0.231 e. The van der Waals surface area contributed by atoms with Gasteiger partial charge in [0, 0.05) is 12.4 Å². The molecule has 1 amide bonds. The van der Waals surface area contributed by atoms with Crippen molar-refractivity contribution < 1.29 is 4.79 Å². The van der Waals surface area contributed by atoms with Crippen molar-refractivity contribution >= 4 is 11.7 Å². The average Bonchev–Trinajstić information content (AvgIpc) is 3.04. The second-order valence-electron chi connectivity index (χ2n) is 5.22. The van der Waals surface area contributed by atoms with E-state index in [2.05, 4.69) is 22.3 Å². The lowest BCUT2D eigenvalue weighted by Crippen LogP contribution is -2.16. The van der Waals surface area contributed by atoms with Crippen LogP contribution in [-0.4, -0.2) is 20.7 Å². The van der Waals surface area contributed by atoms with Crippen LogP contribution < -0.4 is 5.32 Å². The molecular weight excluding hydrogens is 288 g/mol. The van der Waals surface area contributed by atoms with Crippen LogP contribution in [0.4, 0.5) is 5.82 Å². The molecule has 0 aliphatic rings. The monoisotopic (exact) mass is 306 g/mol. The maximum absolute atomic E-state index is 12.1. The molecule has 0 radical (unpaired) electrons. The topological polar surface area (TPSA) is 59.8 Å². The van der Waals surface area contributed by atoms with Crippen molar-refractivity contribution in [1.82, 2.24) is 14.8 Å². The minimum Gasteiger partial charge on any atom is -0.310 e. The van der Waals surface area contributed by atoms with E-state index in [1.54, 1.807) is 10.9 Å². The summed E-state index contributed by atoms with van der Waals surface area (Å²) in [7, 11) is 0. The van der Waals surface area contributed by atoms with Crippen LogP contribution >= 0.6 is 0 Å². The third kappa shape index (κ3) is 3.83. The Labute approximate surface area is 135 Å². The number of benzene rings is 1. The summed E-state index contributed by atoms with van der Waals surface area (Å²) < 4.78 is 1.76. The number of aromatic nitrogens is 3. The highest BCUT2D eigenvalue weighted by molar-refractivity contribution is 5.91. The molecule has 0 fully saturated rings. The lowest BCUT2D eigenvalue weighted by Gasteiger charge is -2.04. The molecule has 0 unspecified atom stereocenters. The zero-order valence-electron chi connectivity index (χ0n) is 12.9. The average molecular weight is 306 g/mol. The van der Waals surface area contributed by atoms with Crippen molar-refractivity contribution in [3.8, 4) is 5.69 Å². The van der Waals surface area contributed by atoms with Gasteiger partial charge in [0.25, 0.3) is 0 Å². The van der Waals surface area contributed by atoms with Crippen LogP contribution in [0.2, 0.25) is 0 Å². The molecule has 0 saturated carbocycles. The Morgan fingerprint density at radius 1 is 1.17 bits per heavy atom. The van der Waals surface area contributed by atoms with E-state index in [0.717, 1.165) is 23.4 Å². The molecule has 0 bridgehead atoms. The summed E-state index contributed by atoms with van der Waals surface area (Å²) in [4.78, 5) is 16.3. The standard InChI is InChI=1S/C18H18N4O/c1-2-14-8-10-19-17(12-14)20-18(23)13-15-9-11-22(21-15)16-6-4-3-5-7-16/h3-12H,2,13H2,1H3,(H,19,20,23). The molecule has 1 aromatic carbocycles. The Bertz CT molecular complexity index is 796. The first kappa shape index (κ1) is 15.0. The van der Waals surface area contributed by atoms with Gasteiger partial charge < -0.3 is 5.32 Å². The molecule has 0 aliphatic carbocycles. The van der Waals surface area contributed by atoms with Crippen molar-refractivity contribution in [2.75, 3.05) is 5.32 Å². The molecule has 0 atom stereocenters. The third-order valence-corrected chi connectivity index (χ3v) is 3.51. The van der Waals surface area contributed by atoms with Crippen molar-refractivity contribution in [1.29, 1.82) is 0 Å². The fraction of sp³-hybridized carbons (Fsp3) is 0.167. The minimum atomic E-state index is -0.121. The maximum Gasteiger partial charge on any atom is 0.231 e. The Morgan fingerprint density at radius 3 is 2.78 bits per heavy atom. The Hall–Kier alpha value is -2.95. The number of amides is 1.